The predicted octanol–water partition coefficient (Wildman–Crippen LogP) is 2.83. The first-order valence-corrected chi connectivity index (χ1v) is 7.36. The molecule has 1 amide bonds. The molecule has 1 saturated heterocycles. The van der Waals surface area contributed by atoms with Gasteiger partial charge in [-0.3, -0.25) is 4.79 Å². The van der Waals surface area contributed by atoms with Crippen molar-refractivity contribution in [2.75, 3.05) is 6.54 Å². The van der Waals surface area contributed by atoms with Crippen molar-refractivity contribution >= 4 is 23.2 Å². The topological polar surface area (TPSA) is 57.6 Å². The Labute approximate surface area is 117 Å². The highest BCUT2D eigenvalue weighted by Crippen LogP contribution is 2.35. The van der Waals surface area contributed by atoms with E-state index in [-0.39, 0.29) is 5.91 Å². The Morgan fingerprint density at radius 3 is 2.63 bits per heavy atom. The Bertz CT molecular complexity index is 503. The number of aryl methyl sites for hydroxylation is 2. The summed E-state index contributed by atoms with van der Waals surface area (Å²) in [5.41, 5.74) is 0.0769. The molecule has 0 spiro atoms. The molecule has 2 heterocycles. The van der Waals surface area contributed by atoms with E-state index >= 15 is 0 Å². The zero-order chi connectivity index (χ0) is 14.2. The summed E-state index contributed by atoms with van der Waals surface area (Å²) >= 11 is 1.45. The molecule has 0 aliphatic carbocycles. The van der Waals surface area contributed by atoms with E-state index in [9.17, 15) is 14.7 Å². The molecule has 2 rings (SSSR count). The summed E-state index contributed by atoms with van der Waals surface area (Å²) in [6.45, 7) is 6.32. The molecular formula is C14H19NO3S. The summed E-state index contributed by atoms with van der Waals surface area (Å²) in [7, 11) is 0. The molecule has 5 heteroatoms. The fraction of sp³-hybridized carbons (Fsp3) is 0.571. The number of carbonyl (C=O) groups is 2. The van der Waals surface area contributed by atoms with Crippen LogP contribution >= 0.6 is 11.3 Å². The van der Waals surface area contributed by atoms with Crippen LogP contribution in [0.3, 0.4) is 0 Å². The lowest BCUT2D eigenvalue weighted by Crippen LogP contribution is -2.52. The van der Waals surface area contributed by atoms with E-state index in [1.165, 1.54) is 11.3 Å². The van der Waals surface area contributed by atoms with Crippen LogP contribution in [-0.4, -0.2) is 34.0 Å². The average molecular weight is 281 g/mol. The fourth-order valence-corrected chi connectivity index (χ4v) is 3.71. The van der Waals surface area contributed by atoms with Gasteiger partial charge in [-0.05, 0) is 44.7 Å². The number of aliphatic carboxylic acids is 1. The first-order valence-electron chi connectivity index (χ1n) is 6.55. The lowest BCUT2D eigenvalue weighted by molar-refractivity contribution is -0.148. The number of rotatable bonds is 3. The number of likely N-dealkylation sites (tertiary alicyclic amines) is 1. The number of amides is 1. The number of carboxylic acids is 1. The number of thiophene rings is 1. The van der Waals surface area contributed by atoms with Gasteiger partial charge in [-0.25, -0.2) is 4.79 Å². The van der Waals surface area contributed by atoms with Crippen molar-refractivity contribution in [3.63, 3.8) is 0 Å². The van der Waals surface area contributed by atoms with Crippen LogP contribution in [0.15, 0.2) is 6.07 Å². The van der Waals surface area contributed by atoms with Crippen molar-refractivity contribution in [2.45, 2.75) is 45.6 Å². The minimum absolute atomic E-state index is 0.136. The lowest BCUT2D eigenvalue weighted by Gasteiger charge is -2.33. The van der Waals surface area contributed by atoms with Crippen LogP contribution in [0.4, 0.5) is 0 Å². The van der Waals surface area contributed by atoms with Crippen molar-refractivity contribution in [2.24, 2.45) is 0 Å². The summed E-state index contributed by atoms with van der Waals surface area (Å²) in [6, 6.07) is 1.86. The highest BCUT2D eigenvalue weighted by molar-refractivity contribution is 7.14. The van der Waals surface area contributed by atoms with E-state index in [2.05, 4.69) is 0 Å². The van der Waals surface area contributed by atoms with Gasteiger partial charge in [0.1, 0.15) is 5.54 Å². The van der Waals surface area contributed by atoms with Gasteiger partial charge in [-0.15, -0.1) is 11.3 Å². The maximum atomic E-state index is 12.6. The van der Waals surface area contributed by atoms with Gasteiger partial charge in [-0.2, -0.15) is 0 Å². The van der Waals surface area contributed by atoms with E-state index in [4.69, 9.17) is 0 Å². The second-order valence-corrected chi connectivity index (χ2v) is 6.36. The Morgan fingerprint density at radius 1 is 1.47 bits per heavy atom. The van der Waals surface area contributed by atoms with Crippen molar-refractivity contribution in [3.05, 3.63) is 21.4 Å². The van der Waals surface area contributed by atoms with Crippen molar-refractivity contribution in [1.29, 1.82) is 0 Å². The van der Waals surface area contributed by atoms with E-state index in [1.54, 1.807) is 4.90 Å². The van der Waals surface area contributed by atoms with Crippen LogP contribution < -0.4 is 0 Å². The minimum atomic E-state index is -1.01. The molecule has 1 aromatic rings. The molecule has 1 atom stereocenters. The predicted molar refractivity (Wildman–Crippen MR) is 74.7 cm³/mol. The van der Waals surface area contributed by atoms with Gasteiger partial charge in [0.25, 0.3) is 5.91 Å². The SMILES string of the molecule is CCC1(C(=O)O)CCCN1C(=O)c1cc(C)c(C)s1. The van der Waals surface area contributed by atoms with Crippen LogP contribution in [0, 0.1) is 13.8 Å². The third-order valence-electron chi connectivity index (χ3n) is 4.09. The molecular weight excluding hydrogens is 262 g/mol. The Kier molecular flexibility index (Phi) is 3.67. The molecule has 0 aromatic carbocycles. The third-order valence-corrected chi connectivity index (χ3v) is 5.23. The van der Waals surface area contributed by atoms with E-state index < -0.39 is 11.5 Å². The van der Waals surface area contributed by atoms with Gasteiger partial charge in [0.15, 0.2) is 0 Å². The van der Waals surface area contributed by atoms with E-state index in [1.807, 2.05) is 26.8 Å². The summed E-state index contributed by atoms with van der Waals surface area (Å²) < 4.78 is 0. The molecule has 0 saturated carbocycles. The molecule has 1 aliphatic rings. The molecule has 0 radical (unpaired) electrons. The van der Waals surface area contributed by atoms with Gasteiger partial charge in [-0.1, -0.05) is 6.92 Å². The van der Waals surface area contributed by atoms with Gasteiger partial charge >= 0.3 is 5.97 Å². The van der Waals surface area contributed by atoms with Crippen LogP contribution in [0.25, 0.3) is 0 Å². The van der Waals surface area contributed by atoms with Crippen molar-refractivity contribution in [1.82, 2.24) is 4.90 Å². The second-order valence-electron chi connectivity index (χ2n) is 5.10. The van der Waals surface area contributed by atoms with Gasteiger partial charge in [0, 0.05) is 11.4 Å². The van der Waals surface area contributed by atoms with Crippen LogP contribution in [0.2, 0.25) is 0 Å². The summed E-state index contributed by atoms with van der Waals surface area (Å²) in [5.74, 6) is -1.02. The average Bonchev–Trinajstić information content (AvgIpc) is 2.94. The maximum Gasteiger partial charge on any atom is 0.329 e. The maximum absolute atomic E-state index is 12.6. The van der Waals surface area contributed by atoms with Crippen molar-refractivity contribution in [3.8, 4) is 0 Å². The molecule has 0 bridgehead atoms. The Hall–Kier alpha value is -1.36. The smallest absolute Gasteiger partial charge is 0.329 e. The summed E-state index contributed by atoms with van der Waals surface area (Å²) in [6.07, 6.45) is 1.76. The lowest BCUT2D eigenvalue weighted by atomic mass is 9.93. The minimum Gasteiger partial charge on any atom is -0.479 e. The molecule has 19 heavy (non-hydrogen) atoms. The molecule has 1 N–H and O–H groups in total. The highest BCUT2D eigenvalue weighted by atomic mass is 32.1. The molecule has 4 nitrogen and oxygen atoms in total. The molecule has 1 aliphatic heterocycles. The zero-order valence-corrected chi connectivity index (χ0v) is 12.3. The summed E-state index contributed by atoms with van der Waals surface area (Å²) in [4.78, 5) is 27.5. The van der Waals surface area contributed by atoms with Gasteiger partial charge in [0.2, 0.25) is 0 Å². The molecule has 1 unspecified atom stereocenters. The number of nitrogens with zero attached hydrogens (tertiary/aromatic N) is 1. The van der Waals surface area contributed by atoms with Crippen molar-refractivity contribution < 1.29 is 14.7 Å². The van der Waals surface area contributed by atoms with E-state index in [0.717, 1.165) is 16.9 Å². The van der Waals surface area contributed by atoms with Gasteiger partial charge < -0.3 is 10.0 Å². The third kappa shape index (κ3) is 2.16. The second kappa shape index (κ2) is 4.96. The molecule has 1 aromatic heterocycles. The number of carboxylic acid groups (broad SMARTS) is 1. The number of carbonyl (C=O) groups excluding carboxylic acids is 1. The van der Waals surface area contributed by atoms with Crippen LogP contribution in [-0.2, 0) is 4.79 Å². The van der Waals surface area contributed by atoms with E-state index in [0.29, 0.717) is 24.3 Å². The molecule has 1 fully saturated rings. The number of hydrogen-bond acceptors (Lipinski definition) is 3. The molecule has 104 valence electrons. The Balaban J connectivity index is 2.35. The summed E-state index contributed by atoms with van der Waals surface area (Å²) in [5, 5.41) is 9.50. The standard InChI is InChI=1S/C14H19NO3S/c1-4-14(13(17)18)6-5-7-15(14)12(16)11-8-9(2)10(3)19-11/h8H,4-7H2,1-3H3,(H,17,18). The van der Waals surface area contributed by atoms with Crippen LogP contribution in [0.1, 0.15) is 46.3 Å². The monoisotopic (exact) mass is 281 g/mol. The quantitative estimate of drug-likeness (QED) is 0.927. The largest absolute Gasteiger partial charge is 0.479 e. The van der Waals surface area contributed by atoms with Crippen LogP contribution in [0.5, 0.6) is 0 Å². The Morgan fingerprint density at radius 2 is 2.16 bits per heavy atom. The normalized spacial score (nSPS) is 22.8. The first kappa shape index (κ1) is 14.1. The first-order chi connectivity index (χ1) is 8.92. The zero-order valence-electron chi connectivity index (χ0n) is 11.5. The van der Waals surface area contributed by atoms with Gasteiger partial charge in [0.05, 0.1) is 4.88 Å². The highest BCUT2D eigenvalue weighted by Gasteiger charge is 2.48. The number of hydrogen-bond donors (Lipinski definition) is 1. The fourth-order valence-electron chi connectivity index (χ4n) is 2.73.